The number of aromatic carboxylic acids is 1. The molecule has 0 amide bonds. The van der Waals surface area contributed by atoms with E-state index in [1.807, 2.05) is 0 Å². The van der Waals surface area contributed by atoms with Gasteiger partial charge in [0, 0.05) is 5.56 Å². The minimum atomic E-state index is -0.999. The van der Waals surface area contributed by atoms with Crippen LogP contribution < -0.4 is 0 Å². The number of rotatable bonds is 2. The van der Waals surface area contributed by atoms with E-state index in [0.717, 1.165) is 5.56 Å². The molecule has 0 aliphatic carbocycles. The fourth-order valence-corrected chi connectivity index (χ4v) is 1.57. The van der Waals surface area contributed by atoms with Crippen molar-refractivity contribution in [3.8, 4) is 11.3 Å². The molecule has 0 radical (unpaired) electrons. The van der Waals surface area contributed by atoms with Crippen LogP contribution in [0.2, 0.25) is 0 Å². The van der Waals surface area contributed by atoms with Crippen LogP contribution in [0.15, 0.2) is 36.4 Å². The van der Waals surface area contributed by atoms with Gasteiger partial charge in [-0.2, -0.15) is 0 Å². The molecule has 0 aliphatic rings. The van der Waals surface area contributed by atoms with Crippen molar-refractivity contribution in [2.24, 2.45) is 0 Å². The molecule has 0 aliphatic heterocycles. The summed E-state index contributed by atoms with van der Waals surface area (Å²) in [5, 5.41) is 8.87. The number of carboxylic acid groups (broad SMARTS) is 1. The van der Waals surface area contributed by atoms with Gasteiger partial charge in [0.1, 0.15) is 5.82 Å². The van der Waals surface area contributed by atoms with Gasteiger partial charge in [-0.3, -0.25) is 4.98 Å². The second-order valence-corrected chi connectivity index (χ2v) is 3.64. The van der Waals surface area contributed by atoms with E-state index < -0.39 is 5.97 Å². The molecule has 17 heavy (non-hydrogen) atoms. The second kappa shape index (κ2) is 4.33. The first kappa shape index (κ1) is 11.3. The molecule has 1 N–H and O–H groups in total. The second-order valence-electron chi connectivity index (χ2n) is 3.64. The van der Waals surface area contributed by atoms with Crippen molar-refractivity contribution in [1.29, 1.82) is 0 Å². The van der Waals surface area contributed by atoms with Crippen LogP contribution in [0.3, 0.4) is 0 Å². The third kappa shape index (κ3) is 2.30. The van der Waals surface area contributed by atoms with E-state index in [1.165, 1.54) is 18.2 Å². The van der Waals surface area contributed by atoms with Crippen molar-refractivity contribution in [2.45, 2.75) is 6.92 Å². The van der Waals surface area contributed by atoms with Gasteiger partial charge in [-0.1, -0.05) is 0 Å². The number of hydrogen-bond acceptors (Lipinski definition) is 2. The molecule has 0 unspecified atom stereocenters. The standard InChI is InChI=1S/C13H10FNO2/c1-8-11(13(16)17)6-7-12(15-8)9-2-4-10(14)5-3-9/h2-7H,1H3,(H,16,17). The number of benzene rings is 1. The van der Waals surface area contributed by atoms with Crippen LogP contribution in [-0.2, 0) is 0 Å². The Morgan fingerprint density at radius 1 is 1.18 bits per heavy atom. The number of aromatic nitrogens is 1. The van der Waals surface area contributed by atoms with Gasteiger partial charge >= 0.3 is 5.97 Å². The number of halogens is 1. The Labute approximate surface area is 97.6 Å². The van der Waals surface area contributed by atoms with Crippen molar-refractivity contribution in [3.63, 3.8) is 0 Å². The quantitative estimate of drug-likeness (QED) is 0.864. The van der Waals surface area contributed by atoms with E-state index in [9.17, 15) is 9.18 Å². The summed E-state index contributed by atoms with van der Waals surface area (Å²) in [4.78, 5) is 15.0. The zero-order valence-electron chi connectivity index (χ0n) is 9.14. The number of nitrogens with zero attached hydrogens (tertiary/aromatic N) is 1. The zero-order valence-corrected chi connectivity index (χ0v) is 9.14. The average Bonchev–Trinajstić information content (AvgIpc) is 2.29. The molecule has 0 bridgehead atoms. The maximum absolute atomic E-state index is 12.8. The lowest BCUT2D eigenvalue weighted by atomic mass is 10.1. The van der Waals surface area contributed by atoms with Crippen molar-refractivity contribution in [2.75, 3.05) is 0 Å². The van der Waals surface area contributed by atoms with Gasteiger partial charge in [0.05, 0.1) is 17.0 Å². The summed E-state index contributed by atoms with van der Waals surface area (Å²) in [5.41, 5.74) is 2.01. The molecule has 1 heterocycles. The van der Waals surface area contributed by atoms with E-state index in [1.54, 1.807) is 25.1 Å². The Morgan fingerprint density at radius 2 is 1.82 bits per heavy atom. The smallest absolute Gasteiger partial charge is 0.337 e. The first-order valence-corrected chi connectivity index (χ1v) is 5.05. The van der Waals surface area contributed by atoms with E-state index in [2.05, 4.69) is 4.98 Å². The number of aryl methyl sites for hydroxylation is 1. The van der Waals surface area contributed by atoms with Crippen LogP contribution in [-0.4, -0.2) is 16.1 Å². The van der Waals surface area contributed by atoms with Crippen molar-refractivity contribution >= 4 is 5.97 Å². The van der Waals surface area contributed by atoms with Crippen LogP contribution in [0.25, 0.3) is 11.3 Å². The number of carboxylic acids is 1. The monoisotopic (exact) mass is 231 g/mol. The molecule has 86 valence electrons. The molecular formula is C13H10FNO2. The van der Waals surface area contributed by atoms with Crippen molar-refractivity contribution in [3.05, 3.63) is 53.5 Å². The minimum Gasteiger partial charge on any atom is -0.478 e. The summed E-state index contributed by atoms with van der Waals surface area (Å²) < 4.78 is 12.8. The minimum absolute atomic E-state index is 0.177. The number of carbonyl (C=O) groups is 1. The van der Waals surface area contributed by atoms with Gasteiger partial charge < -0.3 is 5.11 Å². The Balaban J connectivity index is 2.44. The SMILES string of the molecule is Cc1nc(-c2ccc(F)cc2)ccc1C(=O)O. The van der Waals surface area contributed by atoms with Gasteiger partial charge in [0.15, 0.2) is 0 Å². The first-order chi connectivity index (χ1) is 8.08. The molecule has 3 nitrogen and oxygen atoms in total. The lowest BCUT2D eigenvalue weighted by molar-refractivity contribution is 0.0695. The normalized spacial score (nSPS) is 10.2. The molecule has 0 atom stereocenters. The van der Waals surface area contributed by atoms with Gasteiger partial charge in [0.2, 0.25) is 0 Å². The highest BCUT2D eigenvalue weighted by Crippen LogP contribution is 2.19. The maximum Gasteiger partial charge on any atom is 0.337 e. The van der Waals surface area contributed by atoms with Crippen molar-refractivity contribution in [1.82, 2.24) is 4.98 Å². The fraction of sp³-hybridized carbons (Fsp3) is 0.0769. The van der Waals surface area contributed by atoms with E-state index in [0.29, 0.717) is 11.4 Å². The van der Waals surface area contributed by atoms with Gasteiger partial charge in [-0.05, 0) is 43.3 Å². The Morgan fingerprint density at radius 3 is 2.35 bits per heavy atom. The molecule has 0 saturated heterocycles. The fourth-order valence-electron chi connectivity index (χ4n) is 1.57. The molecule has 0 fully saturated rings. The topological polar surface area (TPSA) is 50.2 Å². The highest BCUT2D eigenvalue weighted by atomic mass is 19.1. The van der Waals surface area contributed by atoms with Crippen LogP contribution in [0, 0.1) is 12.7 Å². The molecule has 0 saturated carbocycles. The Bertz CT molecular complexity index is 564. The third-order valence-electron chi connectivity index (χ3n) is 2.46. The molecule has 2 aromatic rings. The summed E-state index contributed by atoms with van der Waals surface area (Å²) in [5.74, 6) is -1.31. The van der Waals surface area contributed by atoms with Crippen LogP contribution in [0.4, 0.5) is 4.39 Å². The molecule has 2 rings (SSSR count). The number of pyridine rings is 1. The maximum atomic E-state index is 12.8. The zero-order chi connectivity index (χ0) is 12.4. The largest absolute Gasteiger partial charge is 0.478 e. The predicted octanol–water partition coefficient (Wildman–Crippen LogP) is 2.89. The van der Waals surface area contributed by atoms with Gasteiger partial charge in [0.25, 0.3) is 0 Å². The summed E-state index contributed by atoms with van der Waals surface area (Å²) in [7, 11) is 0. The first-order valence-electron chi connectivity index (χ1n) is 5.05. The average molecular weight is 231 g/mol. The summed E-state index contributed by atoms with van der Waals surface area (Å²) in [6.45, 7) is 1.64. The van der Waals surface area contributed by atoms with Gasteiger partial charge in [-0.15, -0.1) is 0 Å². The van der Waals surface area contributed by atoms with E-state index >= 15 is 0 Å². The molecule has 1 aromatic carbocycles. The summed E-state index contributed by atoms with van der Waals surface area (Å²) in [6.07, 6.45) is 0. The van der Waals surface area contributed by atoms with Crippen molar-refractivity contribution < 1.29 is 14.3 Å². The summed E-state index contributed by atoms with van der Waals surface area (Å²) >= 11 is 0. The molecule has 4 heteroatoms. The summed E-state index contributed by atoms with van der Waals surface area (Å²) in [6, 6.07) is 9.02. The lowest BCUT2D eigenvalue weighted by Gasteiger charge is -2.04. The number of hydrogen-bond donors (Lipinski definition) is 1. The third-order valence-corrected chi connectivity index (χ3v) is 2.46. The van der Waals surface area contributed by atoms with Crippen LogP contribution in [0.5, 0.6) is 0 Å². The lowest BCUT2D eigenvalue weighted by Crippen LogP contribution is -2.02. The Kier molecular flexibility index (Phi) is 2.87. The predicted molar refractivity (Wildman–Crippen MR) is 61.3 cm³/mol. The molecular weight excluding hydrogens is 221 g/mol. The highest BCUT2D eigenvalue weighted by molar-refractivity contribution is 5.89. The molecule has 0 spiro atoms. The highest BCUT2D eigenvalue weighted by Gasteiger charge is 2.09. The van der Waals surface area contributed by atoms with Gasteiger partial charge in [-0.25, -0.2) is 9.18 Å². The Hall–Kier alpha value is -2.23. The van der Waals surface area contributed by atoms with E-state index in [4.69, 9.17) is 5.11 Å². The molecule has 1 aromatic heterocycles. The van der Waals surface area contributed by atoms with E-state index in [-0.39, 0.29) is 11.4 Å². The van der Waals surface area contributed by atoms with Crippen LogP contribution >= 0.6 is 0 Å². The van der Waals surface area contributed by atoms with Crippen LogP contribution in [0.1, 0.15) is 16.1 Å².